The van der Waals surface area contributed by atoms with E-state index in [1.165, 1.54) is 58.0 Å². The highest BCUT2D eigenvalue weighted by Gasteiger charge is 2.30. The van der Waals surface area contributed by atoms with Crippen LogP contribution in [0.25, 0.3) is 0 Å². The smallest absolute Gasteiger partial charge is 0.138 e. The molecule has 2 fully saturated rings. The van der Waals surface area contributed by atoms with Crippen molar-refractivity contribution in [2.75, 3.05) is 13.1 Å². The van der Waals surface area contributed by atoms with E-state index in [1.807, 2.05) is 0 Å². The first kappa shape index (κ1) is 12.1. The predicted octanol–water partition coefficient (Wildman–Crippen LogP) is 1.33. The van der Waals surface area contributed by atoms with Crippen LogP contribution in [0.4, 0.5) is 0 Å². The Morgan fingerprint density at radius 2 is 1.80 bits per heavy atom. The number of piperidine rings is 1. The van der Waals surface area contributed by atoms with Crippen LogP contribution >= 0.6 is 22.6 Å². The minimum Gasteiger partial charge on any atom is -0.319 e. The number of likely N-dealkylation sites (tertiary alicyclic amines) is 1. The highest BCUT2D eigenvalue weighted by molar-refractivity contribution is 14.1. The predicted molar refractivity (Wildman–Crippen MR) is 72.3 cm³/mol. The number of nitrogens with two attached hydrogens (primary N) is 1. The molecular formula is C12H24IN2+. The lowest BCUT2D eigenvalue weighted by atomic mass is 9.88. The van der Waals surface area contributed by atoms with Crippen LogP contribution in [0.15, 0.2) is 0 Å². The van der Waals surface area contributed by atoms with Crippen molar-refractivity contribution in [3.05, 3.63) is 0 Å². The molecule has 2 nitrogen and oxygen atoms in total. The maximum absolute atomic E-state index is 6.22. The van der Waals surface area contributed by atoms with E-state index < -0.39 is 0 Å². The van der Waals surface area contributed by atoms with Crippen molar-refractivity contribution in [2.24, 2.45) is 11.7 Å². The Balaban J connectivity index is 1.80. The molecule has 1 saturated heterocycles. The second kappa shape index (κ2) is 5.82. The number of hydrogen-bond acceptors (Lipinski definition) is 1. The van der Waals surface area contributed by atoms with E-state index in [9.17, 15) is 0 Å². The van der Waals surface area contributed by atoms with Gasteiger partial charge in [-0.3, -0.25) is 5.73 Å². The summed E-state index contributed by atoms with van der Waals surface area (Å²) in [4.78, 5) is 1.69. The minimum absolute atomic E-state index is 0.429. The van der Waals surface area contributed by atoms with Crippen molar-refractivity contribution in [3.8, 4) is 0 Å². The van der Waals surface area contributed by atoms with E-state index in [-0.39, 0.29) is 0 Å². The molecule has 1 saturated carbocycles. The van der Waals surface area contributed by atoms with Gasteiger partial charge in [0.05, 0.1) is 17.0 Å². The van der Waals surface area contributed by atoms with Gasteiger partial charge in [0.2, 0.25) is 0 Å². The van der Waals surface area contributed by atoms with Crippen LogP contribution in [-0.2, 0) is 0 Å². The fourth-order valence-corrected chi connectivity index (χ4v) is 4.02. The molecule has 0 amide bonds. The molecule has 3 heteroatoms. The van der Waals surface area contributed by atoms with E-state index in [0.717, 1.165) is 9.84 Å². The van der Waals surface area contributed by atoms with Crippen LogP contribution < -0.4 is 10.6 Å². The molecule has 88 valence electrons. The van der Waals surface area contributed by atoms with Crippen LogP contribution in [0, 0.1) is 5.92 Å². The van der Waals surface area contributed by atoms with Crippen molar-refractivity contribution in [1.82, 2.24) is 0 Å². The third kappa shape index (κ3) is 3.56. The monoisotopic (exact) mass is 323 g/mol. The molecule has 0 bridgehead atoms. The summed E-state index contributed by atoms with van der Waals surface area (Å²) < 4.78 is 0.862. The molecule has 0 radical (unpaired) electrons. The second-order valence-electron chi connectivity index (χ2n) is 5.35. The van der Waals surface area contributed by atoms with Crippen LogP contribution in [0.5, 0.6) is 0 Å². The van der Waals surface area contributed by atoms with Crippen molar-refractivity contribution in [2.45, 2.75) is 55.0 Å². The molecule has 1 aliphatic heterocycles. The zero-order valence-corrected chi connectivity index (χ0v) is 11.7. The summed E-state index contributed by atoms with van der Waals surface area (Å²) in [5.74, 6) is 0.974. The van der Waals surface area contributed by atoms with E-state index in [4.69, 9.17) is 5.73 Å². The molecule has 1 heterocycles. The first-order chi connectivity index (χ1) is 7.25. The van der Waals surface area contributed by atoms with E-state index in [1.54, 1.807) is 4.90 Å². The van der Waals surface area contributed by atoms with E-state index in [0.29, 0.717) is 6.17 Å². The van der Waals surface area contributed by atoms with Crippen molar-refractivity contribution in [1.29, 1.82) is 0 Å². The molecule has 0 aromatic rings. The highest BCUT2D eigenvalue weighted by Crippen LogP contribution is 2.22. The Labute approximate surface area is 107 Å². The number of hydrogen-bond donors (Lipinski definition) is 2. The third-order valence-electron chi connectivity index (χ3n) is 4.07. The third-order valence-corrected chi connectivity index (χ3v) is 5.14. The van der Waals surface area contributed by atoms with Crippen molar-refractivity contribution in [3.63, 3.8) is 0 Å². The molecule has 0 aromatic heterocycles. The summed E-state index contributed by atoms with van der Waals surface area (Å²) in [6.45, 7) is 2.65. The molecule has 3 N–H and O–H groups in total. The maximum Gasteiger partial charge on any atom is 0.138 e. The average molecular weight is 323 g/mol. The zero-order chi connectivity index (χ0) is 10.7. The topological polar surface area (TPSA) is 30.5 Å². The minimum atomic E-state index is 0.429. The fourth-order valence-electron chi connectivity index (χ4n) is 3.10. The molecule has 3 atom stereocenters. The lowest BCUT2D eigenvalue weighted by Gasteiger charge is -2.35. The van der Waals surface area contributed by atoms with Crippen molar-refractivity contribution < 1.29 is 4.90 Å². The van der Waals surface area contributed by atoms with Crippen LogP contribution in [0.1, 0.15) is 44.9 Å². The Morgan fingerprint density at radius 1 is 1.07 bits per heavy atom. The van der Waals surface area contributed by atoms with Gasteiger partial charge in [-0.1, -0.05) is 41.9 Å². The summed E-state index contributed by atoms with van der Waals surface area (Å²) in [6.07, 6.45) is 10.3. The van der Waals surface area contributed by atoms with Gasteiger partial charge in [0.25, 0.3) is 0 Å². The second-order valence-corrected chi connectivity index (χ2v) is 7.11. The lowest BCUT2D eigenvalue weighted by Crippen LogP contribution is -3.19. The van der Waals surface area contributed by atoms with Gasteiger partial charge in [0.15, 0.2) is 0 Å². The standard InChI is InChI=1S/C12H23IN2/c13-11-6-7-12(14)15(9-11)8-10-4-2-1-3-5-10/h10-12H,1-9,14H2/p+1. The van der Waals surface area contributed by atoms with Crippen LogP contribution in [-0.4, -0.2) is 23.2 Å². The van der Waals surface area contributed by atoms with Gasteiger partial charge in [-0.15, -0.1) is 0 Å². The fraction of sp³-hybridized carbons (Fsp3) is 1.00. The van der Waals surface area contributed by atoms with Gasteiger partial charge in [-0.2, -0.15) is 0 Å². The summed E-state index contributed by atoms with van der Waals surface area (Å²) >= 11 is 2.60. The Hall–Kier alpha value is 0.650. The molecule has 0 aromatic carbocycles. The van der Waals surface area contributed by atoms with Crippen LogP contribution in [0.2, 0.25) is 0 Å². The SMILES string of the molecule is NC1CCC(I)C[NH+]1CC1CCCCC1. The first-order valence-corrected chi connectivity index (χ1v) is 7.74. The van der Waals surface area contributed by atoms with Gasteiger partial charge in [0, 0.05) is 12.3 Å². The largest absolute Gasteiger partial charge is 0.319 e. The van der Waals surface area contributed by atoms with Gasteiger partial charge < -0.3 is 4.90 Å². The lowest BCUT2D eigenvalue weighted by molar-refractivity contribution is -0.932. The molecule has 2 aliphatic rings. The summed E-state index contributed by atoms with van der Waals surface area (Å²) in [7, 11) is 0. The zero-order valence-electron chi connectivity index (χ0n) is 9.55. The van der Waals surface area contributed by atoms with E-state index in [2.05, 4.69) is 22.6 Å². The molecule has 2 rings (SSSR count). The highest BCUT2D eigenvalue weighted by atomic mass is 127. The average Bonchev–Trinajstić information content (AvgIpc) is 2.25. The van der Waals surface area contributed by atoms with Crippen LogP contribution in [0.3, 0.4) is 0 Å². The molecule has 0 spiro atoms. The maximum atomic E-state index is 6.22. The van der Waals surface area contributed by atoms with Gasteiger partial charge in [-0.05, 0) is 19.3 Å². The van der Waals surface area contributed by atoms with Gasteiger partial charge in [0.1, 0.15) is 6.17 Å². The summed E-state index contributed by atoms with van der Waals surface area (Å²) in [5, 5.41) is 0. The number of quaternary nitrogens is 1. The summed E-state index contributed by atoms with van der Waals surface area (Å²) in [6, 6.07) is 0. The number of halogens is 1. The molecular weight excluding hydrogens is 299 g/mol. The molecule has 1 aliphatic carbocycles. The van der Waals surface area contributed by atoms with E-state index >= 15 is 0 Å². The normalized spacial score (nSPS) is 39.2. The quantitative estimate of drug-likeness (QED) is 0.583. The number of rotatable bonds is 2. The Kier molecular flexibility index (Phi) is 4.70. The van der Waals surface area contributed by atoms with Gasteiger partial charge >= 0.3 is 0 Å². The molecule has 3 unspecified atom stereocenters. The number of alkyl halides is 1. The first-order valence-electron chi connectivity index (χ1n) is 6.50. The Bertz CT molecular complexity index is 192. The van der Waals surface area contributed by atoms with Gasteiger partial charge in [-0.25, -0.2) is 0 Å². The van der Waals surface area contributed by atoms with Crippen molar-refractivity contribution >= 4 is 22.6 Å². The molecule has 15 heavy (non-hydrogen) atoms. The number of nitrogens with one attached hydrogen (secondary N) is 1. The summed E-state index contributed by atoms with van der Waals surface area (Å²) in [5.41, 5.74) is 6.22. The Morgan fingerprint density at radius 3 is 2.53 bits per heavy atom.